The van der Waals surface area contributed by atoms with E-state index >= 15 is 0 Å². The van der Waals surface area contributed by atoms with Crippen LogP contribution in [0.25, 0.3) is 11.4 Å². The Bertz CT molecular complexity index is 905. The summed E-state index contributed by atoms with van der Waals surface area (Å²) in [5.41, 5.74) is 1.73. The quantitative estimate of drug-likeness (QED) is 0.636. The molecule has 27 heavy (non-hydrogen) atoms. The van der Waals surface area contributed by atoms with Crippen LogP contribution in [0.15, 0.2) is 54.6 Å². The van der Waals surface area contributed by atoms with E-state index in [9.17, 15) is 4.79 Å². The lowest BCUT2D eigenvalue weighted by molar-refractivity contribution is -0.129. The van der Waals surface area contributed by atoms with Gasteiger partial charge in [0.2, 0.25) is 5.91 Å². The Labute approximate surface area is 161 Å². The second-order valence-corrected chi connectivity index (χ2v) is 7.24. The van der Waals surface area contributed by atoms with E-state index in [0.717, 1.165) is 42.2 Å². The van der Waals surface area contributed by atoms with Crippen LogP contribution < -0.4 is 0 Å². The van der Waals surface area contributed by atoms with Gasteiger partial charge in [0.15, 0.2) is 0 Å². The molecule has 8 heteroatoms. The van der Waals surface area contributed by atoms with Gasteiger partial charge in [0.25, 0.3) is 0 Å². The van der Waals surface area contributed by atoms with E-state index < -0.39 is 0 Å². The molecule has 0 bridgehead atoms. The standard InChI is InChI=1S/C19H20N6OS/c26-18(8-5-10-24-14-20-13-22-24)25-11-4-2-7-17(25)19-23-16(12-27-19)15-6-1-3-9-21-15/h1,3,5-6,8-9,12-14,17H,2,4,7,10-11H2/b8-5+. The molecular formula is C19H20N6OS. The fraction of sp³-hybridized carbons (Fsp3) is 0.316. The van der Waals surface area contributed by atoms with Gasteiger partial charge in [-0.25, -0.2) is 14.6 Å². The predicted octanol–water partition coefficient (Wildman–Crippen LogP) is 3.11. The van der Waals surface area contributed by atoms with Crippen molar-refractivity contribution in [1.82, 2.24) is 29.6 Å². The highest BCUT2D eigenvalue weighted by Crippen LogP contribution is 2.34. The second-order valence-electron chi connectivity index (χ2n) is 6.35. The van der Waals surface area contributed by atoms with Crippen LogP contribution in [0, 0.1) is 0 Å². The predicted molar refractivity (Wildman–Crippen MR) is 103 cm³/mol. The van der Waals surface area contributed by atoms with Crippen molar-refractivity contribution in [3.63, 3.8) is 0 Å². The van der Waals surface area contributed by atoms with Crippen molar-refractivity contribution in [2.45, 2.75) is 31.8 Å². The van der Waals surface area contributed by atoms with Gasteiger partial charge >= 0.3 is 0 Å². The summed E-state index contributed by atoms with van der Waals surface area (Å²) >= 11 is 1.60. The topological polar surface area (TPSA) is 76.8 Å². The highest BCUT2D eigenvalue weighted by Gasteiger charge is 2.29. The van der Waals surface area contributed by atoms with E-state index in [-0.39, 0.29) is 11.9 Å². The minimum atomic E-state index is 0.0226. The monoisotopic (exact) mass is 380 g/mol. The maximum atomic E-state index is 12.7. The van der Waals surface area contributed by atoms with Crippen LogP contribution in [0.5, 0.6) is 0 Å². The number of hydrogen-bond acceptors (Lipinski definition) is 6. The summed E-state index contributed by atoms with van der Waals surface area (Å²) in [6, 6.07) is 5.83. The molecule has 3 aromatic rings. The Morgan fingerprint density at radius 2 is 2.26 bits per heavy atom. The van der Waals surface area contributed by atoms with Crippen molar-refractivity contribution in [2.24, 2.45) is 0 Å². The summed E-state index contributed by atoms with van der Waals surface area (Å²) in [7, 11) is 0. The minimum absolute atomic E-state index is 0.0226. The molecule has 0 spiro atoms. The van der Waals surface area contributed by atoms with Crippen LogP contribution in [0.2, 0.25) is 0 Å². The molecule has 0 saturated carbocycles. The van der Waals surface area contributed by atoms with Gasteiger partial charge in [-0.15, -0.1) is 11.3 Å². The number of piperidine rings is 1. The Hall–Kier alpha value is -2.87. The van der Waals surface area contributed by atoms with Crippen molar-refractivity contribution in [3.8, 4) is 11.4 Å². The molecule has 1 atom stereocenters. The number of nitrogens with zero attached hydrogens (tertiary/aromatic N) is 6. The molecule has 1 amide bonds. The Morgan fingerprint density at radius 3 is 3.07 bits per heavy atom. The maximum absolute atomic E-state index is 12.7. The van der Waals surface area contributed by atoms with Crippen LogP contribution in [0.1, 0.15) is 30.3 Å². The van der Waals surface area contributed by atoms with Crippen molar-refractivity contribution in [1.29, 1.82) is 0 Å². The van der Waals surface area contributed by atoms with E-state index in [4.69, 9.17) is 4.98 Å². The first kappa shape index (κ1) is 17.5. The number of thiazole rings is 1. The normalized spacial score (nSPS) is 17.5. The number of allylic oxidation sites excluding steroid dienone is 1. The van der Waals surface area contributed by atoms with Crippen LogP contribution in [0.4, 0.5) is 0 Å². The number of rotatable bonds is 5. The van der Waals surface area contributed by atoms with E-state index in [0.29, 0.717) is 6.54 Å². The zero-order chi connectivity index (χ0) is 18.5. The number of aromatic nitrogens is 5. The molecule has 1 unspecified atom stereocenters. The van der Waals surface area contributed by atoms with Gasteiger partial charge in [0.05, 0.1) is 24.0 Å². The molecule has 0 N–H and O–H groups in total. The first-order valence-electron chi connectivity index (χ1n) is 8.97. The molecule has 1 fully saturated rings. The highest BCUT2D eigenvalue weighted by molar-refractivity contribution is 7.10. The molecule has 1 aliphatic heterocycles. The molecule has 0 aliphatic carbocycles. The van der Waals surface area contributed by atoms with Crippen molar-refractivity contribution in [2.75, 3.05) is 6.54 Å². The number of carbonyl (C=O) groups excluding carboxylic acids is 1. The first-order valence-corrected chi connectivity index (χ1v) is 9.85. The fourth-order valence-electron chi connectivity index (χ4n) is 3.21. The number of amides is 1. The lowest BCUT2D eigenvalue weighted by Gasteiger charge is -2.33. The maximum Gasteiger partial charge on any atom is 0.246 e. The van der Waals surface area contributed by atoms with Crippen LogP contribution in [-0.4, -0.2) is 42.1 Å². The molecule has 4 rings (SSSR count). The molecule has 4 heterocycles. The molecule has 1 aliphatic rings. The van der Waals surface area contributed by atoms with Gasteiger partial charge in [-0.2, -0.15) is 5.10 Å². The molecule has 3 aromatic heterocycles. The van der Waals surface area contributed by atoms with Gasteiger partial charge in [0.1, 0.15) is 17.7 Å². The average molecular weight is 380 g/mol. The number of pyridine rings is 1. The Balaban J connectivity index is 1.48. The lowest BCUT2D eigenvalue weighted by Crippen LogP contribution is -2.37. The molecule has 0 radical (unpaired) electrons. The summed E-state index contributed by atoms with van der Waals surface area (Å²) in [5.74, 6) is 0.0226. The highest BCUT2D eigenvalue weighted by atomic mass is 32.1. The summed E-state index contributed by atoms with van der Waals surface area (Å²) in [5, 5.41) is 7.04. The third-order valence-corrected chi connectivity index (χ3v) is 5.49. The van der Waals surface area contributed by atoms with Crippen molar-refractivity contribution >= 4 is 17.2 Å². The third kappa shape index (κ3) is 4.11. The van der Waals surface area contributed by atoms with Gasteiger partial charge in [-0.1, -0.05) is 12.1 Å². The van der Waals surface area contributed by atoms with Gasteiger partial charge < -0.3 is 4.90 Å². The summed E-state index contributed by atoms with van der Waals surface area (Å²) in [4.78, 5) is 27.7. The molecule has 0 aromatic carbocycles. The van der Waals surface area contributed by atoms with E-state index in [2.05, 4.69) is 15.1 Å². The average Bonchev–Trinajstić information content (AvgIpc) is 3.41. The number of hydrogen-bond donors (Lipinski definition) is 0. The van der Waals surface area contributed by atoms with Crippen molar-refractivity contribution < 1.29 is 4.79 Å². The molecular weight excluding hydrogens is 360 g/mol. The van der Waals surface area contributed by atoms with E-state index in [1.54, 1.807) is 34.6 Å². The number of carbonyl (C=O) groups is 1. The molecule has 7 nitrogen and oxygen atoms in total. The second kappa shape index (κ2) is 8.22. The Morgan fingerprint density at radius 1 is 1.30 bits per heavy atom. The van der Waals surface area contributed by atoms with Gasteiger partial charge in [-0.05, 0) is 31.4 Å². The smallest absolute Gasteiger partial charge is 0.246 e. The van der Waals surface area contributed by atoms with Gasteiger partial charge in [-0.3, -0.25) is 9.78 Å². The fourth-order valence-corrected chi connectivity index (χ4v) is 4.17. The Kier molecular flexibility index (Phi) is 5.34. The zero-order valence-corrected chi connectivity index (χ0v) is 15.6. The molecule has 138 valence electrons. The van der Waals surface area contributed by atoms with Crippen LogP contribution in [-0.2, 0) is 11.3 Å². The summed E-state index contributed by atoms with van der Waals surface area (Å²) in [6.07, 6.45) is 11.4. The summed E-state index contributed by atoms with van der Waals surface area (Å²) in [6.45, 7) is 1.29. The minimum Gasteiger partial charge on any atom is -0.330 e. The lowest BCUT2D eigenvalue weighted by atomic mass is 10.0. The zero-order valence-electron chi connectivity index (χ0n) is 14.8. The SMILES string of the molecule is O=C(/C=C/Cn1cncn1)N1CCCCC1c1nc(-c2ccccn2)cs1. The third-order valence-electron chi connectivity index (χ3n) is 4.54. The molecule has 1 saturated heterocycles. The van der Waals surface area contributed by atoms with E-state index in [1.165, 1.54) is 6.33 Å². The van der Waals surface area contributed by atoms with Crippen molar-refractivity contribution in [3.05, 3.63) is 59.6 Å². The summed E-state index contributed by atoms with van der Waals surface area (Å²) < 4.78 is 1.68. The first-order chi connectivity index (χ1) is 13.3. The number of likely N-dealkylation sites (tertiary alicyclic amines) is 1. The largest absolute Gasteiger partial charge is 0.330 e. The van der Waals surface area contributed by atoms with Gasteiger partial charge in [0, 0.05) is 24.2 Å². The van der Waals surface area contributed by atoms with Crippen LogP contribution in [0.3, 0.4) is 0 Å². The van der Waals surface area contributed by atoms with Crippen LogP contribution >= 0.6 is 11.3 Å². The van der Waals surface area contributed by atoms with E-state index in [1.807, 2.05) is 34.6 Å².